The maximum atomic E-state index is 12.1. The Labute approximate surface area is 110 Å². The van der Waals surface area contributed by atoms with Crippen molar-refractivity contribution in [3.05, 3.63) is 28.8 Å². The van der Waals surface area contributed by atoms with Crippen molar-refractivity contribution in [2.24, 2.45) is 0 Å². The van der Waals surface area contributed by atoms with Gasteiger partial charge in [-0.3, -0.25) is 4.79 Å². The molecule has 0 saturated carbocycles. The van der Waals surface area contributed by atoms with E-state index in [9.17, 15) is 4.79 Å². The Kier molecular flexibility index (Phi) is 5.33. The molecule has 0 bridgehead atoms. The smallest absolute Gasteiger partial charge is 0.255 e. The second-order valence-electron chi connectivity index (χ2n) is 3.48. The molecule has 0 aliphatic heterocycles. The lowest BCUT2D eigenvalue weighted by Gasteiger charge is -2.16. The van der Waals surface area contributed by atoms with Crippen LogP contribution in [0.1, 0.15) is 16.8 Å². The van der Waals surface area contributed by atoms with Crippen LogP contribution >= 0.6 is 23.4 Å². The van der Waals surface area contributed by atoms with Crippen molar-refractivity contribution in [2.75, 3.05) is 19.8 Å². The molecule has 0 atom stereocenters. The van der Waals surface area contributed by atoms with Gasteiger partial charge in [-0.1, -0.05) is 11.6 Å². The molecule has 1 aromatic rings. The number of halogens is 1. The van der Waals surface area contributed by atoms with Gasteiger partial charge in [-0.15, -0.1) is 11.8 Å². The molecule has 3 nitrogen and oxygen atoms in total. The molecule has 17 heavy (non-hydrogen) atoms. The largest absolute Gasteiger partial charge is 0.341 e. The van der Waals surface area contributed by atoms with Crippen LogP contribution in [0, 0.1) is 11.3 Å². The molecule has 0 radical (unpaired) electrons. The van der Waals surface area contributed by atoms with Crippen molar-refractivity contribution in [1.29, 1.82) is 5.26 Å². The average Bonchev–Trinajstić information content (AvgIpc) is 2.35. The molecule has 1 aromatic carbocycles. The summed E-state index contributed by atoms with van der Waals surface area (Å²) in [6, 6.07) is 7.38. The Hall–Kier alpha value is -1.18. The molecule has 0 N–H and O–H groups in total. The van der Waals surface area contributed by atoms with Gasteiger partial charge in [-0.05, 0) is 24.5 Å². The van der Waals surface area contributed by atoms with Gasteiger partial charge in [0.1, 0.15) is 0 Å². The van der Waals surface area contributed by atoms with Crippen molar-refractivity contribution in [3.8, 4) is 6.07 Å². The third-order valence-corrected chi connectivity index (χ3v) is 3.36. The van der Waals surface area contributed by atoms with Crippen molar-refractivity contribution < 1.29 is 4.79 Å². The normalized spacial score (nSPS) is 9.76. The SMILES string of the molecule is CSc1ccc(Cl)c(C(=O)N(C)CCC#N)c1. The zero-order valence-corrected chi connectivity index (χ0v) is 11.3. The Morgan fingerprint density at radius 3 is 2.88 bits per heavy atom. The van der Waals surface area contributed by atoms with E-state index in [0.717, 1.165) is 4.90 Å². The maximum absolute atomic E-state index is 12.1. The molecule has 1 amide bonds. The Morgan fingerprint density at radius 1 is 1.59 bits per heavy atom. The monoisotopic (exact) mass is 268 g/mol. The molecule has 0 saturated heterocycles. The number of amides is 1. The number of benzene rings is 1. The van der Waals surface area contributed by atoms with E-state index in [1.807, 2.05) is 18.4 Å². The van der Waals surface area contributed by atoms with Crippen LogP contribution in [-0.2, 0) is 0 Å². The molecule has 0 fully saturated rings. The fourth-order valence-electron chi connectivity index (χ4n) is 1.32. The zero-order valence-electron chi connectivity index (χ0n) is 9.74. The van der Waals surface area contributed by atoms with Crippen LogP contribution in [0.15, 0.2) is 23.1 Å². The van der Waals surface area contributed by atoms with Crippen LogP contribution in [0.25, 0.3) is 0 Å². The van der Waals surface area contributed by atoms with E-state index in [-0.39, 0.29) is 5.91 Å². The first kappa shape index (κ1) is 13.9. The maximum Gasteiger partial charge on any atom is 0.255 e. The standard InChI is InChI=1S/C12H13ClN2OS/c1-15(7-3-6-14)12(16)10-8-9(17-2)4-5-11(10)13/h4-5,8H,3,7H2,1-2H3. The number of hydrogen-bond donors (Lipinski definition) is 0. The summed E-state index contributed by atoms with van der Waals surface area (Å²) in [5.74, 6) is -0.152. The summed E-state index contributed by atoms with van der Waals surface area (Å²) in [5.41, 5.74) is 0.485. The van der Waals surface area contributed by atoms with Crippen LogP contribution in [-0.4, -0.2) is 30.7 Å². The van der Waals surface area contributed by atoms with Crippen LogP contribution in [0.3, 0.4) is 0 Å². The van der Waals surface area contributed by atoms with Gasteiger partial charge in [0.05, 0.1) is 23.1 Å². The molecule has 1 rings (SSSR count). The number of carbonyl (C=O) groups excluding carboxylic acids is 1. The van der Waals surface area contributed by atoms with E-state index < -0.39 is 0 Å². The molecular formula is C12H13ClN2OS. The number of rotatable bonds is 4. The third-order valence-electron chi connectivity index (χ3n) is 2.31. The lowest BCUT2D eigenvalue weighted by atomic mass is 10.2. The third kappa shape index (κ3) is 3.65. The molecular weight excluding hydrogens is 256 g/mol. The van der Waals surface area contributed by atoms with Gasteiger partial charge < -0.3 is 4.90 Å². The Morgan fingerprint density at radius 2 is 2.29 bits per heavy atom. The number of carbonyl (C=O) groups is 1. The quantitative estimate of drug-likeness (QED) is 0.789. The van der Waals surface area contributed by atoms with Crippen molar-refractivity contribution in [3.63, 3.8) is 0 Å². The summed E-state index contributed by atoms with van der Waals surface area (Å²) in [6.45, 7) is 0.412. The summed E-state index contributed by atoms with van der Waals surface area (Å²) in [5, 5.41) is 8.93. The summed E-state index contributed by atoms with van der Waals surface area (Å²) in [7, 11) is 1.67. The minimum absolute atomic E-state index is 0.152. The van der Waals surface area contributed by atoms with Crippen LogP contribution in [0.4, 0.5) is 0 Å². The molecule has 0 spiro atoms. The summed E-state index contributed by atoms with van der Waals surface area (Å²) >= 11 is 7.56. The highest BCUT2D eigenvalue weighted by Crippen LogP contribution is 2.23. The first-order chi connectivity index (χ1) is 8.10. The number of nitrogens with zero attached hydrogens (tertiary/aromatic N) is 2. The van der Waals surface area contributed by atoms with Crippen LogP contribution in [0.2, 0.25) is 5.02 Å². The van der Waals surface area contributed by atoms with E-state index in [1.165, 1.54) is 4.90 Å². The summed E-state index contributed by atoms with van der Waals surface area (Å²) in [6.07, 6.45) is 2.26. The lowest BCUT2D eigenvalue weighted by Crippen LogP contribution is -2.27. The van der Waals surface area contributed by atoms with Crippen molar-refractivity contribution in [1.82, 2.24) is 4.90 Å². The molecule has 0 unspecified atom stereocenters. The highest BCUT2D eigenvalue weighted by atomic mass is 35.5. The number of nitriles is 1. The van der Waals surface area contributed by atoms with Gasteiger partial charge >= 0.3 is 0 Å². The number of thioether (sulfide) groups is 1. The highest BCUT2D eigenvalue weighted by molar-refractivity contribution is 7.98. The first-order valence-electron chi connectivity index (χ1n) is 5.06. The Bertz CT molecular complexity index is 456. The average molecular weight is 269 g/mol. The van der Waals surface area contributed by atoms with Gasteiger partial charge in [-0.25, -0.2) is 0 Å². The highest BCUT2D eigenvalue weighted by Gasteiger charge is 2.15. The lowest BCUT2D eigenvalue weighted by molar-refractivity contribution is 0.0798. The Balaban J connectivity index is 2.91. The summed E-state index contributed by atoms with van der Waals surface area (Å²) in [4.78, 5) is 14.6. The topological polar surface area (TPSA) is 44.1 Å². The molecule has 90 valence electrons. The minimum atomic E-state index is -0.152. The predicted octanol–water partition coefficient (Wildman–Crippen LogP) is 3.05. The van der Waals surface area contributed by atoms with Crippen molar-refractivity contribution in [2.45, 2.75) is 11.3 Å². The molecule has 5 heteroatoms. The molecule has 0 aliphatic carbocycles. The number of hydrogen-bond acceptors (Lipinski definition) is 3. The van der Waals surface area contributed by atoms with Gasteiger partial charge in [0.25, 0.3) is 5.91 Å². The molecule has 0 aliphatic rings. The van der Waals surface area contributed by atoms with Crippen LogP contribution in [0.5, 0.6) is 0 Å². The second kappa shape index (κ2) is 6.53. The van der Waals surface area contributed by atoms with Gasteiger partial charge in [0.2, 0.25) is 0 Å². The minimum Gasteiger partial charge on any atom is -0.341 e. The fourth-order valence-corrected chi connectivity index (χ4v) is 1.96. The van der Waals surface area contributed by atoms with E-state index in [2.05, 4.69) is 0 Å². The van der Waals surface area contributed by atoms with Gasteiger partial charge in [-0.2, -0.15) is 5.26 Å². The van der Waals surface area contributed by atoms with Crippen LogP contribution < -0.4 is 0 Å². The second-order valence-corrected chi connectivity index (χ2v) is 4.77. The van der Waals surface area contributed by atoms with Gasteiger partial charge in [0, 0.05) is 18.5 Å². The fraction of sp³-hybridized carbons (Fsp3) is 0.333. The zero-order chi connectivity index (χ0) is 12.8. The first-order valence-corrected chi connectivity index (χ1v) is 6.66. The van der Waals surface area contributed by atoms with Crippen molar-refractivity contribution >= 4 is 29.3 Å². The molecule has 0 aromatic heterocycles. The van der Waals surface area contributed by atoms with E-state index in [1.54, 1.807) is 30.9 Å². The summed E-state index contributed by atoms with van der Waals surface area (Å²) < 4.78 is 0. The van der Waals surface area contributed by atoms with E-state index >= 15 is 0 Å². The van der Waals surface area contributed by atoms with E-state index in [0.29, 0.717) is 23.6 Å². The molecule has 0 heterocycles. The van der Waals surface area contributed by atoms with E-state index in [4.69, 9.17) is 16.9 Å². The predicted molar refractivity (Wildman–Crippen MR) is 70.4 cm³/mol. The van der Waals surface area contributed by atoms with Gasteiger partial charge in [0.15, 0.2) is 0 Å².